The van der Waals surface area contributed by atoms with Crippen molar-refractivity contribution >= 4 is 0 Å². The van der Waals surface area contributed by atoms with Crippen LogP contribution in [-0.4, -0.2) is 43.2 Å². The lowest BCUT2D eigenvalue weighted by molar-refractivity contribution is -0.429. The maximum Gasteiger partial charge on any atom is 0.428 e. The fourth-order valence-electron chi connectivity index (χ4n) is 6.42. The van der Waals surface area contributed by atoms with Crippen LogP contribution in [0.5, 0.6) is 0 Å². The summed E-state index contributed by atoms with van der Waals surface area (Å²) < 4.78 is 221. The largest absolute Gasteiger partial charge is 0.428 e. The van der Waals surface area contributed by atoms with Gasteiger partial charge in [0.2, 0.25) is 6.93 Å². The van der Waals surface area contributed by atoms with Gasteiger partial charge in [-0.1, -0.05) is 80.1 Å². The molecule has 0 heterocycles. The van der Waals surface area contributed by atoms with Gasteiger partial charge in [-0.15, -0.1) is 0 Å². The van der Waals surface area contributed by atoms with Crippen molar-refractivity contribution in [3.05, 3.63) is 0 Å². The molecule has 1 saturated carbocycles. The highest BCUT2D eigenvalue weighted by atomic mass is 19.4. The third kappa shape index (κ3) is 14.7. The Labute approximate surface area is 284 Å². The molecule has 0 aromatic heterocycles. The molecule has 0 radical (unpaired) electrons. The molecule has 0 spiro atoms. The molecule has 1 rings (SSSR count). The van der Waals surface area contributed by atoms with Crippen LogP contribution in [-0.2, 0) is 0 Å². The predicted octanol–water partition coefficient (Wildman–Crippen LogP) is 15.1. The van der Waals surface area contributed by atoms with Gasteiger partial charge >= 0.3 is 24.7 Å². The molecule has 0 aliphatic heterocycles. The minimum atomic E-state index is -6.88. The van der Waals surface area contributed by atoms with Gasteiger partial charge in [-0.05, 0) is 74.0 Å². The van der Waals surface area contributed by atoms with Crippen molar-refractivity contribution in [3.8, 4) is 0 Å². The quantitative estimate of drug-likeness (QED) is 0.164. The highest BCUT2D eigenvalue weighted by Gasteiger charge is 2.82. The molecule has 1 aliphatic carbocycles. The predicted molar refractivity (Wildman–Crippen MR) is 159 cm³/mol. The highest BCUT2D eigenvalue weighted by Crippen LogP contribution is 2.62. The van der Waals surface area contributed by atoms with E-state index in [0.29, 0.717) is 5.41 Å². The molecule has 0 saturated heterocycles. The van der Waals surface area contributed by atoms with E-state index in [9.17, 15) is 74.6 Å². The normalized spacial score (nSPS) is 18.4. The Kier molecular flexibility index (Phi) is 20.1. The number of halogens is 17. The van der Waals surface area contributed by atoms with Gasteiger partial charge in [-0.25, -0.2) is 22.0 Å². The molecule has 0 nitrogen and oxygen atoms in total. The van der Waals surface area contributed by atoms with Crippen LogP contribution in [0.4, 0.5) is 74.6 Å². The molecular formula is C33H53F17. The lowest BCUT2D eigenvalue weighted by Gasteiger charge is -2.40. The maximum atomic E-state index is 14.6. The summed E-state index contributed by atoms with van der Waals surface area (Å²) in [6.45, 7) is 9.82. The van der Waals surface area contributed by atoms with Gasteiger partial charge in [0.1, 0.15) is 0 Å². The summed E-state index contributed by atoms with van der Waals surface area (Å²) in [6, 6.07) is 0. The van der Waals surface area contributed by atoms with Crippen LogP contribution in [0.15, 0.2) is 0 Å². The van der Waals surface area contributed by atoms with E-state index in [1.807, 2.05) is 0 Å². The molecular weight excluding hydrogens is 719 g/mol. The van der Waals surface area contributed by atoms with Crippen molar-refractivity contribution in [2.75, 3.05) is 6.93 Å². The van der Waals surface area contributed by atoms with Gasteiger partial charge in [-0.3, -0.25) is 0 Å². The third-order valence-corrected chi connectivity index (χ3v) is 9.62. The number of hydrogen-bond acceptors (Lipinski definition) is 0. The maximum absolute atomic E-state index is 14.6. The van der Waals surface area contributed by atoms with E-state index in [1.54, 1.807) is 13.8 Å². The van der Waals surface area contributed by atoms with Crippen LogP contribution in [0.2, 0.25) is 0 Å². The minimum absolute atomic E-state index is 0.0267. The van der Waals surface area contributed by atoms with Crippen LogP contribution >= 0.6 is 0 Å². The second-order valence-electron chi connectivity index (χ2n) is 14.7. The van der Waals surface area contributed by atoms with Crippen LogP contribution < -0.4 is 0 Å². The van der Waals surface area contributed by atoms with Crippen LogP contribution in [0.25, 0.3) is 0 Å². The summed E-state index contributed by atoms with van der Waals surface area (Å²) >= 11 is 0. The summed E-state index contributed by atoms with van der Waals surface area (Å²) in [6.07, 6.45) is -26.6. The zero-order valence-corrected chi connectivity index (χ0v) is 29.6. The molecule has 0 N–H and O–H groups in total. The Morgan fingerprint density at radius 1 is 0.520 bits per heavy atom. The average molecular weight is 773 g/mol. The van der Waals surface area contributed by atoms with Gasteiger partial charge in [0.15, 0.2) is 0 Å². The second-order valence-corrected chi connectivity index (χ2v) is 14.7. The number of hydrogen-bond donors (Lipinski definition) is 0. The lowest BCUT2D eigenvalue weighted by atomic mass is 9.72. The summed E-state index contributed by atoms with van der Waals surface area (Å²) in [5.74, 6) is -6.94. The molecule has 17 heteroatoms. The molecule has 0 aromatic carbocycles. The van der Waals surface area contributed by atoms with Crippen LogP contribution in [0.3, 0.4) is 0 Å². The Morgan fingerprint density at radius 2 is 0.900 bits per heavy atom. The average Bonchev–Trinajstić information content (AvgIpc) is 2.90. The standard InChI is InChI=1S/C22H31F15.C10H20.CH2F2/c1-5-6-14(8-7-13(2)3)15(10-12-18(25,16(4,23)24)22(35,36)37)9-11-17(19(26,27)28,20(29,30)31)21(32,33)34;1-10(2,3)9-7-5-4-6-8-9;2-1-3/h13-15H,5-12H2,1-4H3;9H,4-8H2,1-3H3;1H2. The fraction of sp³-hybridized carbons (Fsp3) is 1.00. The van der Waals surface area contributed by atoms with Crippen LogP contribution in [0.1, 0.15) is 132 Å². The molecule has 1 aliphatic rings. The summed E-state index contributed by atoms with van der Waals surface area (Å²) in [7, 11) is 0. The third-order valence-electron chi connectivity index (χ3n) is 9.62. The Balaban J connectivity index is 0. The molecule has 1 fully saturated rings. The van der Waals surface area contributed by atoms with Crippen molar-refractivity contribution in [1.29, 1.82) is 0 Å². The van der Waals surface area contributed by atoms with Crippen molar-refractivity contribution in [3.63, 3.8) is 0 Å². The van der Waals surface area contributed by atoms with Gasteiger partial charge in [0, 0.05) is 6.92 Å². The summed E-state index contributed by atoms with van der Waals surface area (Å²) in [5, 5.41) is 0. The van der Waals surface area contributed by atoms with E-state index < -0.39 is 86.2 Å². The monoisotopic (exact) mass is 772 g/mol. The molecule has 3 unspecified atom stereocenters. The summed E-state index contributed by atoms with van der Waals surface area (Å²) in [4.78, 5) is 0. The molecule has 0 aromatic rings. The van der Waals surface area contributed by atoms with E-state index in [-0.39, 0.29) is 38.5 Å². The van der Waals surface area contributed by atoms with Gasteiger partial charge in [-0.2, -0.15) is 52.7 Å². The Hall–Kier alpha value is -1.19. The van der Waals surface area contributed by atoms with Crippen molar-refractivity contribution in [1.82, 2.24) is 0 Å². The molecule has 50 heavy (non-hydrogen) atoms. The number of rotatable bonds is 13. The van der Waals surface area contributed by atoms with Crippen molar-refractivity contribution < 1.29 is 74.6 Å². The fourth-order valence-corrected chi connectivity index (χ4v) is 6.42. The highest BCUT2D eigenvalue weighted by molar-refractivity contribution is 5.01. The summed E-state index contributed by atoms with van der Waals surface area (Å²) in [5.41, 5.74) is -10.8. The molecule has 304 valence electrons. The second kappa shape index (κ2) is 19.8. The molecule has 0 bridgehead atoms. The van der Waals surface area contributed by atoms with Gasteiger partial charge < -0.3 is 0 Å². The van der Waals surface area contributed by atoms with E-state index in [2.05, 4.69) is 20.8 Å². The first-order valence-corrected chi connectivity index (χ1v) is 16.7. The van der Waals surface area contributed by atoms with E-state index in [1.165, 1.54) is 39.0 Å². The lowest BCUT2D eigenvalue weighted by Crippen LogP contribution is -2.59. The van der Waals surface area contributed by atoms with E-state index in [4.69, 9.17) is 0 Å². The Morgan fingerprint density at radius 3 is 1.18 bits per heavy atom. The van der Waals surface area contributed by atoms with Crippen molar-refractivity contribution in [2.45, 2.75) is 168 Å². The smallest absolute Gasteiger partial charge is 0.227 e. The van der Waals surface area contributed by atoms with Gasteiger partial charge in [0.25, 0.3) is 17.0 Å². The van der Waals surface area contributed by atoms with Crippen molar-refractivity contribution in [2.24, 2.45) is 34.5 Å². The minimum Gasteiger partial charge on any atom is -0.227 e. The first-order valence-electron chi connectivity index (χ1n) is 16.7. The van der Waals surface area contributed by atoms with E-state index >= 15 is 0 Å². The topological polar surface area (TPSA) is 0 Å². The Bertz CT molecular complexity index is 846. The number of alkyl halides is 17. The zero-order chi connectivity index (χ0) is 40.2. The first-order chi connectivity index (χ1) is 22.2. The molecule has 0 amide bonds. The van der Waals surface area contributed by atoms with E-state index in [0.717, 1.165) is 5.92 Å². The first kappa shape index (κ1) is 50.9. The van der Waals surface area contributed by atoms with Crippen LogP contribution in [0, 0.1) is 34.5 Å². The SMILES string of the molecule is CC(C)(C)C1CCCCC1.CCCC(CCC(C)C)C(CCC(F)(C(C)(F)F)C(F)(F)F)CCC(C(F)(F)F)(C(F)(F)F)C(F)(F)F.FCF. The molecule has 3 atom stereocenters. The zero-order valence-electron chi connectivity index (χ0n) is 29.6. The van der Waals surface area contributed by atoms with Gasteiger partial charge in [0.05, 0.1) is 0 Å².